The number of benzene rings is 1. The summed E-state index contributed by atoms with van der Waals surface area (Å²) in [7, 11) is 0. The Bertz CT molecular complexity index is 787. The molecule has 0 bridgehead atoms. The van der Waals surface area contributed by atoms with Gasteiger partial charge in [-0.3, -0.25) is 0 Å². The Hall–Kier alpha value is -2.14. The lowest BCUT2D eigenvalue weighted by molar-refractivity contribution is -0.00537. The molecule has 1 N–H and O–H groups in total. The highest BCUT2D eigenvalue weighted by Crippen LogP contribution is 2.30. The van der Waals surface area contributed by atoms with E-state index in [1.54, 1.807) is 6.33 Å². The smallest absolute Gasteiger partial charge is 0.156 e. The number of hydrogen-bond donors (Lipinski definition) is 1. The minimum atomic E-state index is 0.211. The molecule has 5 heteroatoms. The van der Waals surface area contributed by atoms with E-state index < -0.39 is 0 Å². The molecule has 0 radical (unpaired) electrons. The first-order valence-corrected chi connectivity index (χ1v) is 7.34. The number of rotatable bonds is 1. The van der Waals surface area contributed by atoms with E-state index in [1.165, 1.54) is 0 Å². The Kier molecular flexibility index (Phi) is 2.82. The van der Waals surface area contributed by atoms with Crippen LogP contribution in [0.15, 0.2) is 30.6 Å². The van der Waals surface area contributed by atoms with Crippen molar-refractivity contribution in [3.05, 3.63) is 30.6 Å². The summed E-state index contributed by atoms with van der Waals surface area (Å²) in [5, 5.41) is 1.14. The zero-order valence-corrected chi connectivity index (χ0v) is 12.2. The summed E-state index contributed by atoms with van der Waals surface area (Å²) < 4.78 is 5.81. The Morgan fingerprint density at radius 3 is 2.71 bits per heavy atom. The van der Waals surface area contributed by atoms with Crippen molar-refractivity contribution in [1.82, 2.24) is 15.0 Å². The van der Waals surface area contributed by atoms with E-state index in [0.717, 1.165) is 40.8 Å². The molecular weight excluding hydrogens is 264 g/mol. The highest BCUT2D eigenvalue weighted by atomic mass is 16.5. The topological polar surface area (TPSA) is 54.0 Å². The van der Waals surface area contributed by atoms with E-state index in [-0.39, 0.29) is 12.2 Å². The van der Waals surface area contributed by atoms with Gasteiger partial charge in [0.05, 0.1) is 12.2 Å². The van der Waals surface area contributed by atoms with Crippen molar-refractivity contribution in [2.45, 2.75) is 26.1 Å². The Labute approximate surface area is 123 Å². The van der Waals surface area contributed by atoms with E-state index in [9.17, 15) is 0 Å². The molecule has 2 aromatic heterocycles. The van der Waals surface area contributed by atoms with Crippen LogP contribution in [0.3, 0.4) is 0 Å². The SMILES string of the molecule is C[C@@H]1CN(c2ncnc3c2[nH]c2ccccc23)C[C@@H](C)O1. The first-order chi connectivity index (χ1) is 10.2. The molecule has 0 unspecified atom stereocenters. The van der Waals surface area contributed by atoms with Crippen LogP contribution in [-0.4, -0.2) is 40.2 Å². The lowest BCUT2D eigenvalue weighted by atomic mass is 10.2. The predicted molar refractivity (Wildman–Crippen MR) is 83.6 cm³/mol. The van der Waals surface area contributed by atoms with Gasteiger partial charge in [-0.15, -0.1) is 0 Å². The van der Waals surface area contributed by atoms with Gasteiger partial charge in [-0.25, -0.2) is 9.97 Å². The van der Waals surface area contributed by atoms with Crippen molar-refractivity contribution in [2.75, 3.05) is 18.0 Å². The third-order valence-electron chi connectivity index (χ3n) is 3.99. The van der Waals surface area contributed by atoms with Crippen LogP contribution in [0, 0.1) is 0 Å². The van der Waals surface area contributed by atoms with E-state index in [0.29, 0.717) is 0 Å². The average molecular weight is 282 g/mol. The van der Waals surface area contributed by atoms with Crippen molar-refractivity contribution >= 4 is 27.8 Å². The number of hydrogen-bond acceptors (Lipinski definition) is 4. The predicted octanol–water partition coefficient (Wildman–Crippen LogP) is 2.72. The lowest BCUT2D eigenvalue weighted by Gasteiger charge is -2.36. The Morgan fingerprint density at radius 2 is 1.90 bits per heavy atom. The number of morpholine rings is 1. The van der Waals surface area contributed by atoms with Crippen LogP contribution >= 0.6 is 0 Å². The summed E-state index contributed by atoms with van der Waals surface area (Å²) >= 11 is 0. The third kappa shape index (κ3) is 2.05. The number of nitrogens with one attached hydrogen (secondary N) is 1. The Morgan fingerprint density at radius 1 is 1.14 bits per heavy atom. The molecule has 21 heavy (non-hydrogen) atoms. The molecule has 0 amide bonds. The van der Waals surface area contributed by atoms with E-state index in [1.807, 2.05) is 12.1 Å². The molecule has 1 aliphatic heterocycles. The van der Waals surface area contributed by atoms with E-state index in [4.69, 9.17) is 4.74 Å². The average Bonchev–Trinajstić information content (AvgIpc) is 2.84. The van der Waals surface area contributed by atoms with Gasteiger partial charge < -0.3 is 14.6 Å². The van der Waals surface area contributed by atoms with Crippen molar-refractivity contribution in [3.8, 4) is 0 Å². The number of nitrogens with zero attached hydrogens (tertiary/aromatic N) is 3. The fraction of sp³-hybridized carbons (Fsp3) is 0.375. The van der Waals surface area contributed by atoms with Crippen LogP contribution in [-0.2, 0) is 4.74 Å². The maximum absolute atomic E-state index is 5.81. The lowest BCUT2D eigenvalue weighted by Crippen LogP contribution is -2.46. The second kappa shape index (κ2) is 4.70. The minimum Gasteiger partial charge on any atom is -0.372 e. The van der Waals surface area contributed by atoms with Gasteiger partial charge in [-0.2, -0.15) is 0 Å². The van der Waals surface area contributed by atoms with Gasteiger partial charge in [0.1, 0.15) is 17.4 Å². The van der Waals surface area contributed by atoms with Crippen molar-refractivity contribution < 1.29 is 4.74 Å². The standard InChI is InChI=1S/C16H18N4O/c1-10-7-20(8-11(2)21-10)16-15-14(17-9-18-16)12-5-3-4-6-13(12)19-15/h3-6,9-11,19H,7-8H2,1-2H3/t10-,11-/m1/s1. The van der Waals surface area contributed by atoms with Crippen LogP contribution in [0.4, 0.5) is 5.82 Å². The van der Waals surface area contributed by atoms with Gasteiger partial charge in [-0.05, 0) is 19.9 Å². The zero-order chi connectivity index (χ0) is 14.4. The number of anilines is 1. The molecule has 4 rings (SSSR count). The molecule has 5 nitrogen and oxygen atoms in total. The van der Waals surface area contributed by atoms with Gasteiger partial charge in [0.25, 0.3) is 0 Å². The second-order valence-corrected chi connectivity index (χ2v) is 5.75. The van der Waals surface area contributed by atoms with Gasteiger partial charge in [-0.1, -0.05) is 18.2 Å². The number of para-hydroxylation sites is 1. The van der Waals surface area contributed by atoms with Gasteiger partial charge in [0.2, 0.25) is 0 Å². The molecule has 1 fully saturated rings. The van der Waals surface area contributed by atoms with Crippen molar-refractivity contribution in [2.24, 2.45) is 0 Å². The summed E-state index contributed by atoms with van der Waals surface area (Å²) in [5.41, 5.74) is 3.10. The van der Waals surface area contributed by atoms with Gasteiger partial charge in [0.15, 0.2) is 5.82 Å². The third-order valence-corrected chi connectivity index (χ3v) is 3.99. The van der Waals surface area contributed by atoms with Crippen LogP contribution in [0.25, 0.3) is 21.9 Å². The second-order valence-electron chi connectivity index (χ2n) is 5.75. The first-order valence-electron chi connectivity index (χ1n) is 7.34. The molecule has 0 aliphatic carbocycles. The fourth-order valence-corrected chi connectivity index (χ4v) is 3.22. The van der Waals surface area contributed by atoms with Crippen LogP contribution < -0.4 is 4.90 Å². The number of ether oxygens (including phenoxy) is 1. The quantitative estimate of drug-likeness (QED) is 0.745. The molecule has 0 spiro atoms. The summed E-state index contributed by atoms with van der Waals surface area (Å²) in [6.07, 6.45) is 2.08. The maximum Gasteiger partial charge on any atom is 0.156 e. The molecule has 1 aromatic carbocycles. The summed E-state index contributed by atoms with van der Waals surface area (Å²) in [4.78, 5) is 14.7. The normalized spacial score (nSPS) is 23.0. The molecule has 3 aromatic rings. The molecule has 108 valence electrons. The zero-order valence-electron chi connectivity index (χ0n) is 12.2. The number of aromatic nitrogens is 3. The molecule has 1 aliphatic rings. The molecule has 1 saturated heterocycles. The maximum atomic E-state index is 5.81. The molecule has 3 heterocycles. The number of fused-ring (bicyclic) bond motifs is 3. The van der Waals surface area contributed by atoms with Crippen molar-refractivity contribution in [1.29, 1.82) is 0 Å². The Balaban J connectivity index is 1.88. The fourth-order valence-electron chi connectivity index (χ4n) is 3.22. The monoisotopic (exact) mass is 282 g/mol. The van der Waals surface area contributed by atoms with Gasteiger partial charge >= 0.3 is 0 Å². The molecular formula is C16H18N4O. The summed E-state index contributed by atoms with van der Waals surface area (Å²) in [5.74, 6) is 0.971. The number of aromatic amines is 1. The first kappa shape index (κ1) is 12.6. The largest absolute Gasteiger partial charge is 0.372 e. The number of H-pyrrole nitrogens is 1. The molecule has 0 saturated carbocycles. The van der Waals surface area contributed by atoms with E-state index in [2.05, 4.69) is 45.8 Å². The van der Waals surface area contributed by atoms with Crippen LogP contribution in [0.1, 0.15) is 13.8 Å². The van der Waals surface area contributed by atoms with Crippen LogP contribution in [0.2, 0.25) is 0 Å². The van der Waals surface area contributed by atoms with Crippen LogP contribution in [0.5, 0.6) is 0 Å². The van der Waals surface area contributed by atoms with E-state index >= 15 is 0 Å². The summed E-state index contributed by atoms with van der Waals surface area (Å²) in [6, 6.07) is 8.24. The highest BCUT2D eigenvalue weighted by Gasteiger charge is 2.25. The summed E-state index contributed by atoms with van der Waals surface area (Å²) in [6.45, 7) is 5.91. The minimum absolute atomic E-state index is 0.211. The molecule has 2 atom stereocenters. The van der Waals surface area contributed by atoms with Gasteiger partial charge in [0, 0.05) is 24.0 Å². The van der Waals surface area contributed by atoms with Crippen molar-refractivity contribution in [3.63, 3.8) is 0 Å². The highest BCUT2D eigenvalue weighted by molar-refractivity contribution is 6.08.